The van der Waals surface area contributed by atoms with Gasteiger partial charge in [-0.2, -0.15) is 4.98 Å². The van der Waals surface area contributed by atoms with E-state index in [0.717, 1.165) is 5.56 Å². The third-order valence-electron chi connectivity index (χ3n) is 4.78. The minimum absolute atomic E-state index is 0.159. The summed E-state index contributed by atoms with van der Waals surface area (Å²) in [6.07, 6.45) is 0. The van der Waals surface area contributed by atoms with Crippen molar-refractivity contribution in [3.8, 4) is 0 Å². The fourth-order valence-electron chi connectivity index (χ4n) is 3.35. The second-order valence-corrected chi connectivity index (χ2v) is 7.74. The molecule has 1 atom stereocenters. The van der Waals surface area contributed by atoms with E-state index in [1.54, 1.807) is 23.7 Å². The first-order valence-corrected chi connectivity index (χ1v) is 10.2. The zero-order valence-electron chi connectivity index (χ0n) is 16.1. The molecule has 8 nitrogen and oxygen atoms in total. The number of amides is 1. The van der Waals surface area contributed by atoms with Gasteiger partial charge in [-0.15, -0.1) is 5.10 Å². The van der Waals surface area contributed by atoms with Crippen molar-refractivity contribution in [2.45, 2.75) is 23.9 Å². The van der Waals surface area contributed by atoms with E-state index in [9.17, 15) is 9.59 Å². The molecule has 4 rings (SSSR count). The highest BCUT2D eigenvalue weighted by Gasteiger charge is 2.33. The maximum Gasteiger partial charge on any atom is 0.335 e. The van der Waals surface area contributed by atoms with Crippen molar-refractivity contribution in [2.24, 2.45) is 5.73 Å². The standard InChI is InChI=1S/C21H19N5O3S/c1-12-16(18(22)27)17(14-7-9-15(10-8-14)19(28)29)26-20(23-12)24-21(25-26)30-11-13-5-3-2-4-6-13/h2-10,17H,11H2,1H3,(H2,22,27)(H,28,29)(H,23,24,25). The number of carboxylic acid groups (broad SMARTS) is 1. The van der Waals surface area contributed by atoms with E-state index in [1.165, 1.54) is 23.9 Å². The van der Waals surface area contributed by atoms with Gasteiger partial charge in [0.2, 0.25) is 17.0 Å². The number of carboxylic acids is 1. The van der Waals surface area contributed by atoms with E-state index >= 15 is 0 Å². The van der Waals surface area contributed by atoms with Crippen molar-refractivity contribution in [3.63, 3.8) is 0 Å². The molecule has 152 valence electrons. The number of nitrogens with two attached hydrogens (primary N) is 1. The Balaban J connectivity index is 1.70. The van der Waals surface area contributed by atoms with Gasteiger partial charge in [-0.1, -0.05) is 54.2 Å². The number of nitrogens with one attached hydrogen (secondary N) is 1. The zero-order chi connectivity index (χ0) is 21.3. The third kappa shape index (κ3) is 3.79. The number of carbonyl (C=O) groups excluding carboxylic acids is 1. The number of aromatic nitrogens is 3. The molecule has 0 fully saturated rings. The third-order valence-corrected chi connectivity index (χ3v) is 5.69. The average Bonchev–Trinajstić information content (AvgIpc) is 3.14. The summed E-state index contributed by atoms with van der Waals surface area (Å²) >= 11 is 1.49. The highest BCUT2D eigenvalue weighted by Crippen LogP contribution is 2.36. The highest BCUT2D eigenvalue weighted by molar-refractivity contribution is 7.98. The summed E-state index contributed by atoms with van der Waals surface area (Å²) in [5, 5.41) is 17.4. The normalized spacial score (nSPS) is 15.4. The molecular formula is C21H19N5O3S. The Hall–Kier alpha value is -3.59. The summed E-state index contributed by atoms with van der Waals surface area (Å²) in [4.78, 5) is 27.9. The van der Waals surface area contributed by atoms with Crippen LogP contribution >= 0.6 is 11.8 Å². The summed E-state index contributed by atoms with van der Waals surface area (Å²) in [5.41, 5.74) is 8.62. The van der Waals surface area contributed by atoms with Crippen LogP contribution in [0.2, 0.25) is 0 Å². The van der Waals surface area contributed by atoms with Crippen molar-refractivity contribution < 1.29 is 14.7 Å². The number of hydrogen-bond acceptors (Lipinski definition) is 6. The molecule has 2 aromatic carbocycles. The van der Waals surface area contributed by atoms with Crippen LogP contribution in [-0.2, 0) is 10.5 Å². The molecule has 0 spiro atoms. The zero-order valence-corrected chi connectivity index (χ0v) is 16.9. The van der Waals surface area contributed by atoms with Crippen LogP contribution in [-0.4, -0.2) is 31.7 Å². The molecule has 0 aliphatic carbocycles. The first kappa shape index (κ1) is 19.7. The minimum Gasteiger partial charge on any atom is -0.478 e. The second kappa shape index (κ2) is 8.03. The molecule has 0 saturated carbocycles. The lowest BCUT2D eigenvalue weighted by Crippen LogP contribution is -2.31. The number of hydrogen-bond donors (Lipinski definition) is 3. The highest BCUT2D eigenvalue weighted by atomic mass is 32.2. The van der Waals surface area contributed by atoms with Crippen LogP contribution in [0.3, 0.4) is 0 Å². The number of primary amides is 1. The van der Waals surface area contributed by atoms with E-state index in [-0.39, 0.29) is 5.56 Å². The molecule has 4 N–H and O–H groups in total. The van der Waals surface area contributed by atoms with Crippen molar-refractivity contribution in [1.29, 1.82) is 0 Å². The molecule has 0 bridgehead atoms. The van der Waals surface area contributed by atoms with Crippen LogP contribution in [0.4, 0.5) is 5.95 Å². The van der Waals surface area contributed by atoms with Crippen molar-refractivity contribution in [2.75, 3.05) is 5.32 Å². The molecular weight excluding hydrogens is 402 g/mol. The Morgan fingerprint density at radius 2 is 1.87 bits per heavy atom. The van der Waals surface area contributed by atoms with Crippen molar-refractivity contribution >= 4 is 29.6 Å². The van der Waals surface area contributed by atoms with Gasteiger partial charge in [0.1, 0.15) is 6.04 Å². The lowest BCUT2D eigenvalue weighted by atomic mass is 9.94. The quantitative estimate of drug-likeness (QED) is 0.523. The Morgan fingerprint density at radius 1 is 1.17 bits per heavy atom. The number of allylic oxidation sites excluding steroid dienone is 1. The second-order valence-electron chi connectivity index (χ2n) is 6.79. The van der Waals surface area contributed by atoms with E-state index in [4.69, 9.17) is 10.8 Å². The minimum atomic E-state index is -1.02. The van der Waals surface area contributed by atoms with E-state index in [2.05, 4.69) is 15.4 Å². The summed E-state index contributed by atoms with van der Waals surface area (Å²) in [7, 11) is 0. The fraction of sp³-hybridized carbons (Fsp3) is 0.143. The fourth-order valence-corrected chi connectivity index (χ4v) is 4.13. The molecule has 30 heavy (non-hydrogen) atoms. The summed E-state index contributed by atoms with van der Waals surface area (Å²) in [6.45, 7) is 1.76. The van der Waals surface area contributed by atoms with Crippen LogP contribution in [0.25, 0.3) is 0 Å². The number of rotatable bonds is 6. The SMILES string of the molecule is CC1=C(C(N)=O)C(c2ccc(C(=O)O)cc2)n2nc(SCc3ccccc3)nc2N1. The van der Waals surface area contributed by atoms with Gasteiger partial charge in [0.15, 0.2) is 0 Å². The number of carbonyl (C=O) groups is 2. The Bertz CT molecular complexity index is 1140. The summed E-state index contributed by atoms with van der Waals surface area (Å²) < 4.78 is 1.62. The average molecular weight is 421 g/mol. The smallest absolute Gasteiger partial charge is 0.335 e. The van der Waals surface area contributed by atoms with Crippen LogP contribution < -0.4 is 11.1 Å². The largest absolute Gasteiger partial charge is 0.478 e. The molecule has 1 aliphatic heterocycles. The molecule has 1 amide bonds. The van der Waals surface area contributed by atoms with Gasteiger partial charge in [0.05, 0.1) is 11.1 Å². The molecule has 9 heteroatoms. The molecule has 1 unspecified atom stereocenters. The number of nitrogens with zero attached hydrogens (tertiary/aromatic N) is 3. The number of fused-ring (bicyclic) bond motifs is 1. The van der Waals surface area contributed by atoms with Gasteiger partial charge in [-0.3, -0.25) is 4.79 Å². The van der Waals surface area contributed by atoms with Crippen LogP contribution in [0.1, 0.15) is 34.5 Å². The number of benzene rings is 2. The van der Waals surface area contributed by atoms with Crippen molar-refractivity contribution in [1.82, 2.24) is 14.8 Å². The first-order chi connectivity index (χ1) is 14.4. The predicted molar refractivity (Wildman–Crippen MR) is 113 cm³/mol. The predicted octanol–water partition coefficient (Wildman–Crippen LogP) is 3.04. The van der Waals surface area contributed by atoms with E-state index in [0.29, 0.717) is 33.7 Å². The maximum atomic E-state index is 12.2. The van der Waals surface area contributed by atoms with Gasteiger partial charge in [-0.05, 0) is 30.2 Å². The van der Waals surface area contributed by atoms with Gasteiger partial charge >= 0.3 is 5.97 Å². The summed E-state index contributed by atoms with van der Waals surface area (Å²) in [5.74, 6) is -0.390. The van der Waals surface area contributed by atoms with E-state index in [1.807, 2.05) is 30.3 Å². The maximum absolute atomic E-state index is 12.2. The van der Waals surface area contributed by atoms with Crippen molar-refractivity contribution in [3.05, 3.63) is 82.6 Å². The van der Waals surface area contributed by atoms with E-state index < -0.39 is 17.9 Å². The lowest BCUT2D eigenvalue weighted by Gasteiger charge is -2.27. The molecule has 2 heterocycles. The first-order valence-electron chi connectivity index (χ1n) is 9.18. The monoisotopic (exact) mass is 421 g/mol. The molecule has 0 radical (unpaired) electrons. The Morgan fingerprint density at radius 3 is 2.50 bits per heavy atom. The van der Waals surface area contributed by atoms with Crippen LogP contribution in [0.5, 0.6) is 0 Å². The molecule has 1 aliphatic rings. The Labute approximate surface area is 176 Å². The lowest BCUT2D eigenvalue weighted by molar-refractivity contribution is -0.115. The molecule has 3 aromatic rings. The van der Waals surface area contributed by atoms with Gasteiger partial charge < -0.3 is 16.2 Å². The topological polar surface area (TPSA) is 123 Å². The number of aromatic carboxylic acids is 1. The van der Waals surface area contributed by atoms with Gasteiger partial charge in [-0.25, -0.2) is 9.48 Å². The Kier molecular flexibility index (Phi) is 5.28. The molecule has 0 saturated heterocycles. The van der Waals surface area contributed by atoms with Crippen LogP contribution in [0, 0.1) is 0 Å². The van der Waals surface area contributed by atoms with Crippen LogP contribution in [0.15, 0.2) is 71.0 Å². The molecule has 1 aromatic heterocycles. The summed E-state index contributed by atoms with van der Waals surface area (Å²) in [6, 6.07) is 15.7. The number of thioether (sulfide) groups is 1. The van der Waals surface area contributed by atoms with Gasteiger partial charge in [0.25, 0.3) is 0 Å². The van der Waals surface area contributed by atoms with Gasteiger partial charge in [0, 0.05) is 11.4 Å². The number of anilines is 1.